The highest BCUT2D eigenvalue weighted by atomic mass is 32.2. The molecule has 1 aromatic carbocycles. The zero-order valence-corrected chi connectivity index (χ0v) is 16.5. The number of carbonyl (C=O) groups excluding carboxylic acids is 2. The summed E-state index contributed by atoms with van der Waals surface area (Å²) in [7, 11) is -4.09. The van der Waals surface area contributed by atoms with Gasteiger partial charge in [-0.05, 0) is 25.1 Å². The minimum absolute atomic E-state index is 0.0302. The lowest BCUT2D eigenvalue weighted by atomic mass is 10.2. The third kappa shape index (κ3) is 4.38. The van der Waals surface area contributed by atoms with Gasteiger partial charge in [-0.3, -0.25) is 14.6 Å². The number of carbonyl (C=O) groups is 2. The van der Waals surface area contributed by atoms with Crippen molar-refractivity contribution in [3.8, 4) is 0 Å². The summed E-state index contributed by atoms with van der Waals surface area (Å²) in [6.45, 7) is 2.82. The number of hydrogen-bond acceptors (Lipinski definition) is 5. The summed E-state index contributed by atoms with van der Waals surface area (Å²) in [5.74, 6) is -0.366. The molecule has 2 aliphatic heterocycles. The van der Waals surface area contributed by atoms with E-state index in [1.807, 2.05) is 0 Å². The first-order valence-electron chi connectivity index (χ1n) is 9.02. The van der Waals surface area contributed by atoms with Crippen LogP contribution in [0.5, 0.6) is 0 Å². The fraction of sp³-hybridized carbons (Fsp3) is 0.529. The Morgan fingerprint density at radius 2 is 1.79 bits per heavy atom. The average molecular weight is 434 g/mol. The van der Waals surface area contributed by atoms with Crippen molar-refractivity contribution in [3.05, 3.63) is 29.8 Å². The Morgan fingerprint density at radius 1 is 1.14 bits per heavy atom. The summed E-state index contributed by atoms with van der Waals surface area (Å²) >= 11 is 0. The molecule has 160 valence electrons. The van der Waals surface area contributed by atoms with E-state index in [2.05, 4.69) is 5.32 Å². The van der Waals surface area contributed by atoms with Gasteiger partial charge < -0.3 is 5.32 Å². The number of alkyl halides is 3. The summed E-state index contributed by atoms with van der Waals surface area (Å²) in [6.07, 6.45) is -4.64. The van der Waals surface area contributed by atoms with Crippen molar-refractivity contribution in [2.24, 2.45) is 0 Å². The van der Waals surface area contributed by atoms with Gasteiger partial charge in [-0.2, -0.15) is 17.5 Å². The van der Waals surface area contributed by atoms with Gasteiger partial charge in [0.2, 0.25) is 15.9 Å². The standard InChI is InChI=1S/C17H21F3N4O4S/c1-12(15(25)24-6-5-21-16(24)26)22-7-9-23(10-8-22)29(27,28)14-4-2-3-13(11-14)17(18,19)20/h2-4,11-12H,5-10H2,1H3,(H,21,26)/t12-/m1/s1. The molecule has 12 heteroatoms. The highest BCUT2D eigenvalue weighted by molar-refractivity contribution is 7.89. The molecular weight excluding hydrogens is 413 g/mol. The Bertz CT molecular complexity index is 898. The molecule has 1 atom stereocenters. The molecule has 1 N–H and O–H groups in total. The van der Waals surface area contributed by atoms with E-state index in [4.69, 9.17) is 0 Å². The molecule has 1 aromatic rings. The van der Waals surface area contributed by atoms with E-state index in [1.54, 1.807) is 11.8 Å². The first-order valence-corrected chi connectivity index (χ1v) is 10.5. The van der Waals surface area contributed by atoms with Gasteiger partial charge in [0.05, 0.1) is 16.5 Å². The van der Waals surface area contributed by atoms with Gasteiger partial charge in [0.15, 0.2) is 0 Å². The van der Waals surface area contributed by atoms with Crippen molar-refractivity contribution in [2.45, 2.75) is 24.0 Å². The molecule has 0 unspecified atom stereocenters. The number of piperazine rings is 1. The van der Waals surface area contributed by atoms with Crippen LogP contribution in [0.4, 0.5) is 18.0 Å². The van der Waals surface area contributed by atoms with Gasteiger partial charge in [0.1, 0.15) is 0 Å². The van der Waals surface area contributed by atoms with Crippen LogP contribution in [0.25, 0.3) is 0 Å². The van der Waals surface area contributed by atoms with Gasteiger partial charge >= 0.3 is 12.2 Å². The predicted octanol–water partition coefficient (Wildman–Crippen LogP) is 0.952. The minimum Gasteiger partial charge on any atom is -0.336 e. The largest absolute Gasteiger partial charge is 0.416 e. The SMILES string of the molecule is C[C@H](C(=O)N1CCNC1=O)N1CCN(S(=O)(=O)c2cccc(C(F)(F)F)c2)CC1. The summed E-state index contributed by atoms with van der Waals surface area (Å²) in [5, 5.41) is 2.55. The smallest absolute Gasteiger partial charge is 0.336 e. The summed E-state index contributed by atoms with van der Waals surface area (Å²) in [5.41, 5.74) is -1.03. The van der Waals surface area contributed by atoms with E-state index in [1.165, 1.54) is 0 Å². The Balaban J connectivity index is 1.67. The lowest BCUT2D eigenvalue weighted by Gasteiger charge is -2.37. The zero-order valence-electron chi connectivity index (χ0n) is 15.6. The Morgan fingerprint density at radius 3 is 2.34 bits per heavy atom. The van der Waals surface area contributed by atoms with Gasteiger partial charge in [0.25, 0.3) is 0 Å². The number of halogens is 3. The molecule has 0 bridgehead atoms. The van der Waals surface area contributed by atoms with Crippen molar-refractivity contribution >= 4 is 22.0 Å². The number of amides is 3. The molecular formula is C17H21F3N4O4S. The van der Waals surface area contributed by atoms with E-state index in [9.17, 15) is 31.2 Å². The fourth-order valence-electron chi connectivity index (χ4n) is 3.38. The molecule has 0 saturated carbocycles. The third-order valence-electron chi connectivity index (χ3n) is 5.10. The predicted molar refractivity (Wildman–Crippen MR) is 96.3 cm³/mol. The highest BCUT2D eigenvalue weighted by Crippen LogP contribution is 2.31. The van der Waals surface area contributed by atoms with Crippen LogP contribution in [0, 0.1) is 0 Å². The number of rotatable bonds is 4. The van der Waals surface area contributed by atoms with E-state index in [-0.39, 0.29) is 38.6 Å². The van der Waals surface area contributed by atoms with Crippen molar-refractivity contribution in [3.63, 3.8) is 0 Å². The number of urea groups is 1. The number of sulfonamides is 1. The van der Waals surface area contributed by atoms with E-state index >= 15 is 0 Å². The Kier molecular flexibility index (Phi) is 5.88. The van der Waals surface area contributed by atoms with Crippen molar-refractivity contribution in [1.82, 2.24) is 19.4 Å². The maximum absolute atomic E-state index is 12.9. The van der Waals surface area contributed by atoms with Crippen LogP contribution in [0.1, 0.15) is 12.5 Å². The molecule has 0 aliphatic carbocycles. The van der Waals surface area contributed by atoms with Crippen LogP contribution >= 0.6 is 0 Å². The number of benzene rings is 1. The van der Waals surface area contributed by atoms with Crippen LogP contribution in [0.2, 0.25) is 0 Å². The topological polar surface area (TPSA) is 90.0 Å². The summed E-state index contributed by atoms with van der Waals surface area (Å²) < 4.78 is 65.3. The second-order valence-corrected chi connectivity index (χ2v) is 8.80. The molecule has 2 saturated heterocycles. The molecule has 0 radical (unpaired) electrons. The second-order valence-electron chi connectivity index (χ2n) is 6.86. The Labute approximate surface area is 166 Å². The van der Waals surface area contributed by atoms with Crippen molar-refractivity contribution < 1.29 is 31.2 Å². The number of hydrogen-bond donors (Lipinski definition) is 1. The molecule has 0 spiro atoms. The van der Waals surface area contributed by atoms with E-state index in [0.717, 1.165) is 27.4 Å². The highest BCUT2D eigenvalue weighted by Gasteiger charge is 2.37. The number of nitrogens with zero attached hydrogens (tertiary/aromatic N) is 3. The first-order chi connectivity index (χ1) is 13.5. The van der Waals surface area contributed by atoms with Gasteiger partial charge in [-0.1, -0.05) is 6.07 Å². The molecule has 2 aliphatic rings. The summed E-state index contributed by atoms with van der Waals surface area (Å²) in [6, 6.07) is 2.58. The lowest BCUT2D eigenvalue weighted by Crippen LogP contribution is -2.55. The van der Waals surface area contributed by atoms with Gasteiger partial charge in [0, 0.05) is 39.3 Å². The van der Waals surface area contributed by atoms with Gasteiger partial charge in [-0.25, -0.2) is 13.2 Å². The average Bonchev–Trinajstić information content (AvgIpc) is 3.12. The van der Waals surface area contributed by atoms with Crippen molar-refractivity contribution in [2.75, 3.05) is 39.3 Å². The summed E-state index contributed by atoms with van der Waals surface area (Å²) in [4.78, 5) is 26.6. The number of imide groups is 1. The Hall–Kier alpha value is -2.18. The minimum atomic E-state index is -4.64. The van der Waals surface area contributed by atoms with Crippen LogP contribution in [-0.4, -0.2) is 79.8 Å². The van der Waals surface area contributed by atoms with Crippen LogP contribution in [0.3, 0.4) is 0 Å². The lowest BCUT2D eigenvalue weighted by molar-refractivity contribution is -0.137. The third-order valence-corrected chi connectivity index (χ3v) is 6.99. The molecule has 3 amide bonds. The van der Waals surface area contributed by atoms with E-state index in [0.29, 0.717) is 12.6 Å². The first kappa shape index (κ1) is 21.5. The van der Waals surface area contributed by atoms with Crippen LogP contribution in [-0.2, 0) is 21.0 Å². The number of nitrogens with one attached hydrogen (secondary N) is 1. The van der Waals surface area contributed by atoms with Crippen molar-refractivity contribution in [1.29, 1.82) is 0 Å². The fourth-order valence-corrected chi connectivity index (χ4v) is 4.85. The molecule has 2 heterocycles. The maximum atomic E-state index is 12.9. The molecule has 8 nitrogen and oxygen atoms in total. The maximum Gasteiger partial charge on any atom is 0.416 e. The normalized spacial score (nSPS) is 20.6. The van der Waals surface area contributed by atoms with E-state index < -0.39 is 38.7 Å². The zero-order chi connectivity index (χ0) is 21.4. The second kappa shape index (κ2) is 7.92. The molecule has 2 fully saturated rings. The quantitative estimate of drug-likeness (QED) is 0.762. The molecule has 29 heavy (non-hydrogen) atoms. The van der Waals surface area contributed by atoms with Crippen LogP contribution in [0.15, 0.2) is 29.2 Å². The molecule has 0 aromatic heterocycles. The monoisotopic (exact) mass is 434 g/mol. The van der Waals surface area contributed by atoms with Crippen LogP contribution < -0.4 is 5.32 Å². The molecule has 3 rings (SSSR count). The van der Waals surface area contributed by atoms with Gasteiger partial charge in [-0.15, -0.1) is 0 Å².